The number of rotatable bonds is 3. The van der Waals surface area contributed by atoms with Crippen molar-refractivity contribution >= 4 is 5.82 Å². The second kappa shape index (κ2) is 5.04. The number of nitrogens with zero attached hydrogens (tertiary/aromatic N) is 2. The summed E-state index contributed by atoms with van der Waals surface area (Å²) >= 11 is 0. The third-order valence-electron chi connectivity index (χ3n) is 2.32. The summed E-state index contributed by atoms with van der Waals surface area (Å²) in [6.07, 6.45) is 1.74. The van der Waals surface area contributed by atoms with Crippen LogP contribution in [0.4, 0.5) is 5.82 Å². The average molecular weight is 208 g/mol. The molecule has 1 aromatic rings. The summed E-state index contributed by atoms with van der Waals surface area (Å²) in [7, 11) is 0. The van der Waals surface area contributed by atoms with E-state index in [1.807, 2.05) is 13.0 Å². The Labute approximate surface area is 89.2 Å². The largest absolute Gasteiger partial charge is 0.378 e. The maximum Gasteiger partial charge on any atom is 0.148 e. The summed E-state index contributed by atoms with van der Waals surface area (Å²) in [5, 5.41) is 14.5. The molecule has 1 saturated heterocycles. The van der Waals surface area contributed by atoms with E-state index < -0.39 is 0 Å². The van der Waals surface area contributed by atoms with Crippen molar-refractivity contribution in [3.8, 4) is 0 Å². The van der Waals surface area contributed by atoms with Crippen LogP contribution in [0, 0.1) is 6.92 Å². The molecular weight excluding hydrogens is 192 g/mol. The van der Waals surface area contributed by atoms with Crippen LogP contribution in [-0.4, -0.2) is 42.5 Å². The van der Waals surface area contributed by atoms with Crippen LogP contribution in [0.15, 0.2) is 12.3 Å². The SMILES string of the molecule is Cc1cnnc(NCC2COCCN2)c1. The minimum absolute atomic E-state index is 0.362. The first-order valence-electron chi connectivity index (χ1n) is 5.19. The Kier molecular flexibility index (Phi) is 3.47. The third kappa shape index (κ3) is 3.14. The third-order valence-corrected chi connectivity index (χ3v) is 2.32. The molecule has 1 unspecified atom stereocenters. The van der Waals surface area contributed by atoms with Gasteiger partial charge in [-0.05, 0) is 18.6 Å². The lowest BCUT2D eigenvalue weighted by Crippen LogP contribution is -2.45. The fourth-order valence-electron chi connectivity index (χ4n) is 1.53. The first-order valence-corrected chi connectivity index (χ1v) is 5.19. The van der Waals surface area contributed by atoms with E-state index in [4.69, 9.17) is 4.74 Å². The number of aromatic nitrogens is 2. The monoisotopic (exact) mass is 208 g/mol. The van der Waals surface area contributed by atoms with Crippen molar-refractivity contribution in [2.45, 2.75) is 13.0 Å². The topological polar surface area (TPSA) is 59.1 Å². The van der Waals surface area contributed by atoms with Gasteiger partial charge in [0.2, 0.25) is 0 Å². The second-order valence-electron chi connectivity index (χ2n) is 3.73. The number of ether oxygens (including phenoxy) is 1. The van der Waals surface area contributed by atoms with Crippen molar-refractivity contribution in [1.82, 2.24) is 15.5 Å². The van der Waals surface area contributed by atoms with Gasteiger partial charge in [0.15, 0.2) is 0 Å². The van der Waals surface area contributed by atoms with Gasteiger partial charge >= 0.3 is 0 Å². The number of hydrogen-bond donors (Lipinski definition) is 2. The Morgan fingerprint density at radius 2 is 2.60 bits per heavy atom. The van der Waals surface area contributed by atoms with Gasteiger partial charge in [-0.2, -0.15) is 5.10 Å². The van der Waals surface area contributed by atoms with E-state index in [0.717, 1.165) is 37.7 Å². The van der Waals surface area contributed by atoms with Crippen LogP contribution in [0.3, 0.4) is 0 Å². The molecule has 2 N–H and O–H groups in total. The molecular formula is C10H16N4O. The van der Waals surface area contributed by atoms with E-state index in [1.54, 1.807) is 6.20 Å². The summed E-state index contributed by atoms with van der Waals surface area (Å²) in [6, 6.07) is 2.34. The minimum Gasteiger partial charge on any atom is -0.378 e. The molecule has 0 aliphatic carbocycles. The summed E-state index contributed by atoms with van der Waals surface area (Å²) in [4.78, 5) is 0. The van der Waals surface area contributed by atoms with E-state index in [9.17, 15) is 0 Å². The second-order valence-corrected chi connectivity index (χ2v) is 3.73. The van der Waals surface area contributed by atoms with Crippen LogP contribution < -0.4 is 10.6 Å². The van der Waals surface area contributed by atoms with Gasteiger partial charge in [0, 0.05) is 19.1 Å². The molecule has 5 nitrogen and oxygen atoms in total. The Bertz CT molecular complexity index is 312. The molecule has 15 heavy (non-hydrogen) atoms. The van der Waals surface area contributed by atoms with Crippen molar-refractivity contribution in [3.05, 3.63) is 17.8 Å². The van der Waals surface area contributed by atoms with Gasteiger partial charge in [0.25, 0.3) is 0 Å². The highest BCUT2D eigenvalue weighted by molar-refractivity contribution is 5.35. The molecule has 1 fully saturated rings. The maximum atomic E-state index is 5.36. The predicted octanol–water partition coefficient (Wildman–Crippen LogP) is 0.185. The zero-order valence-electron chi connectivity index (χ0n) is 8.86. The molecule has 82 valence electrons. The van der Waals surface area contributed by atoms with Crippen LogP contribution in [0.5, 0.6) is 0 Å². The molecule has 5 heteroatoms. The molecule has 1 atom stereocenters. The normalized spacial score (nSPS) is 21.3. The van der Waals surface area contributed by atoms with Gasteiger partial charge in [-0.15, -0.1) is 5.10 Å². The van der Waals surface area contributed by atoms with Gasteiger partial charge < -0.3 is 15.4 Å². The van der Waals surface area contributed by atoms with Gasteiger partial charge in [0.05, 0.1) is 19.4 Å². The van der Waals surface area contributed by atoms with Crippen LogP contribution in [0.25, 0.3) is 0 Å². The lowest BCUT2D eigenvalue weighted by molar-refractivity contribution is 0.0806. The molecule has 2 heterocycles. The molecule has 1 aliphatic rings. The van der Waals surface area contributed by atoms with Crippen LogP contribution in [-0.2, 0) is 4.74 Å². The number of anilines is 1. The highest BCUT2D eigenvalue weighted by Crippen LogP contribution is 2.03. The quantitative estimate of drug-likeness (QED) is 0.742. The molecule has 0 amide bonds. The van der Waals surface area contributed by atoms with Crippen LogP contribution in [0.2, 0.25) is 0 Å². The van der Waals surface area contributed by atoms with E-state index in [0.29, 0.717) is 6.04 Å². The number of aryl methyl sites for hydroxylation is 1. The summed E-state index contributed by atoms with van der Waals surface area (Å²) < 4.78 is 5.36. The lowest BCUT2D eigenvalue weighted by atomic mass is 10.2. The Morgan fingerprint density at radius 1 is 1.67 bits per heavy atom. The molecule has 0 bridgehead atoms. The van der Waals surface area contributed by atoms with E-state index in [1.165, 1.54) is 0 Å². The van der Waals surface area contributed by atoms with E-state index in [2.05, 4.69) is 20.8 Å². The lowest BCUT2D eigenvalue weighted by Gasteiger charge is -2.24. The van der Waals surface area contributed by atoms with Crippen LogP contribution in [0.1, 0.15) is 5.56 Å². The van der Waals surface area contributed by atoms with E-state index in [-0.39, 0.29) is 0 Å². The first kappa shape index (κ1) is 10.3. The van der Waals surface area contributed by atoms with Crippen molar-refractivity contribution < 1.29 is 4.74 Å². The predicted molar refractivity (Wildman–Crippen MR) is 57.9 cm³/mol. The summed E-state index contributed by atoms with van der Waals surface area (Å²) in [5.74, 6) is 0.822. The fraction of sp³-hybridized carbons (Fsp3) is 0.600. The Morgan fingerprint density at radius 3 is 3.33 bits per heavy atom. The maximum absolute atomic E-state index is 5.36. The molecule has 1 aromatic heterocycles. The molecule has 2 rings (SSSR count). The summed E-state index contributed by atoms with van der Waals surface area (Å²) in [6.45, 7) is 5.30. The van der Waals surface area contributed by atoms with Crippen molar-refractivity contribution in [2.75, 3.05) is 31.6 Å². The van der Waals surface area contributed by atoms with E-state index >= 15 is 0 Å². The molecule has 0 spiro atoms. The first-order chi connectivity index (χ1) is 7.34. The highest BCUT2D eigenvalue weighted by atomic mass is 16.5. The number of morpholine rings is 1. The molecule has 1 aliphatic heterocycles. The van der Waals surface area contributed by atoms with Crippen molar-refractivity contribution in [2.24, 2.45) is 0 Å². The number of nitrogens with one attached hydrogen (secondary N) is 2. The highest BCUT2D eigenvalue weighted by Gasteiger charge is 2.12. The average Bonchev–Trinajstić information content (AvgIpc) is 2.28. The van der Waals surface area contributed by atoms with Gasteiger partial charge in [-0.25, -0.2) is 0 Å². The van der Waals surface area contributed by atoms with Crippen molar-refractivity contribution in [3.63, 3.8) is 0 Å². The minimum atomic E-state index is 0.362. The van der Waals surface area contributed by atoms with Gasteiger partial charge in [-0.1, -0.05) is 0 Å². The standard InChI is InChI=1S/C10H16N4O/c1-8-4-10(14-13-5-8)12-6-9-7-15-3-2-11-9/h4-5,9,11H,2-3,6-7H2,1H3,(H,12,14). The molecule has 0 aromatic carbocycles. The zero-order chi connectivity index (χ0) is 10.5. The molecule has 0 radical (unpaired) electrons. The summed E-state index contributed by atoms with van der Waals surface area (Å²) in [5.41, 5.74) is 1.11. The van der Waals surface area contributed by atoms with Gasteiger partial charge in [-0.3, -0.25) is 0 Å². The molecule has 0 saturated carbocycles. The smallest absolute Gasteiger partial charge is 0.148 e. The zero-order valence-corrected chi connectivity index (χ0v) is 8.86. The Balaban J connectivity index is 1.81. The fourth-order valence-corrected chi connectivity index (χ4v) is 1.53. The van der Waals surface area contributed by atoms with Crippen molar-refractivity contribution in [1.29, 1.82) is 0 Å². The van der Waals surface area contributed by atoms with Gasteiger partial charge in [0.1, 0.15) is 5.82 Å². The van der Waals surface area contributed by atoms with Crippen LogP contribution >= 0.6 is 0 Å². The number of hydrogen-bond acceptors (Lipinski definition) is 5. The Hall–Kier alpha value is -1.20.